The number of nitrogens with one attached hydrogen (secondary N) is 1. The van der Waals surface area contributed by atoms with Gasteiger partial charge in [-0.1, -0.05) is 0 Å². The summed E-state index contributed by atoms with van der Waals surface area (Å²) in [6.07, 6.45) is 0. The van der Waals surface area contributed by atoms with Gasteiger partial charge >= 0.3 is 0 Å². The molecule has 0 aromatic heterocycles. The third-order valence-electron chi connectivity index (χ3n) is 2.49. The Kier molecular flexibility index (Phi) is 3.27. The highest BCUT2D eigenvalue weighted by Gasteiger charge is 2.30. The standard InChI is InChI=1S/C9H19N3O/c1-9(2,7-10)8(13)12-5-3-11-4-6-12/h11H,3-7,10H2,1-2H3. The van der Waals surface area contributed by atoms with Crippen molar-refractivity contribution in [3.8, 4) is 0 Å². The van der Waals surface area contributed by atoms with Gasteiger partial charge in [0.25, 0.3) is 0 Å². The van der Waals surface area contributed by atoms with E-state index in [0.717, 1.165) is 26.2 Å². The lowest BCUT2D eigenvalue weighted by Crippen LogP contribution is -2.52. The Morgan fingerprint density at radius 2 is 2.00 bits per heavy atom. The summed E-state index contributed by atoms with van der Waals surface area (Å²) in [4.78, 5) is 13.8. The lowest BCUT2D eigenvalue weighted by molar-refractivity contribution is -0.140. The summed E-state index contributed by atoms with van der Waals surface area (Å²) in [5, 5.41) is 3.21. The van der Waals surface area contributed by atoms with Gasteiger partial charge in [0.2, 0.25) is 5.91 Å². The molecular weight excluding hydrogens is 166 g/mol. The summed E-state index contributed by atoms with van der Waals surface area (Å²) in [6.45, 7) is 7.62. The molecule has 3 N–H and O–H groups in total. The Bertz CT molecular complexity index is 185. The molecule has 0 aliphatic carbocycles. The Balaban J connectivity index is 2.55. The van der Waals surface area contributed by atoms with Crippen LogP contribution < -0.4 is 11.1 Å². The quantitative estimate of drug-likeness (QED) is 0.604. The van der Waals surface area contributed by atoms with Gasteiger partial charge in [0.15, 0.2) is 0 Å². The van der Waals surface area contributed by atoms with Crippen molar-refractivity contribution in [1.82, 2.24) is 10.2 Å². The molecule has 1 amide bonds. The van der Waals surface area contributed by atoms with Crippen molar-refractivity contribution in [1.29, 1.82) is 0 Å². The van der Waals surface area contributed by atoms with E-state index in [1.54, 1.807) is 0 Å². The maximum Gasteiger partial charge on any atom is 0.229 e. The first-order valence-corrected chi connectivity index (χ1v) is 4.78. The molecule has 0 saturated carbocycles. The monoisotopic (exact) mass is 185 g/mol. The molecule has 76 valence electrons. The molecule has 4 nitrogen and oxygen atoms in total. The van der Waals surface area contributed by atoms with E-state index in [9.17, 15) is 4.79 Å². The number of amides is 1. The van der Waals surface area contributed by atoms with Crippen molar-refractivity contribution in [2.75, 3.05) is 32.7 Å². The topological polar surface area (TPSA) is 58.4 Å². The number of rotatable bonds is 2. The average Bonchev–Trinajstić information content (AvgIpc) is 2.18. The number of hydrogen-bond acceptors (Lipinski definition) is 3. The molecule has 1 aliphatic heterocycles. The number of nitrogens with zero attached hydrogens (tertiary/aromatic N) is 1. The molecule has 1 fully saturated rings. The van der Waals surface area contributed by atoms with Gasteiger partial charge in [0, 0.05) is 32.7 Å². The van der Waals surface area contributed by atoms with Crippen LogP contribution in [-0.4, -0.2) is 43.5 Å². The van der Waals surface area contributed by atoms with Gasteiger partial charge < -0.3 is 16.0 Å². The lowest BCUT2D eigenvalue weighted by Gasteiger charge is -2.33. The molecule has 0 radical (unpaired) electrons. The van der Waals surface area contributed by atoms with E-state index in [4.69, 9.17) is 5.73 Å². The van der Waals surface area contributed by atoms with Crippen molar-refractivity contribution in [2.24, 2.45) is 11.1 Å². The predicted molar refractivity (Wildman–Crippen MR) is 52.3 cm³/mol. The summed E-state index contributed by atoms with van der Waals surface area (Å²) < 4.78 is 0. The van der Waals surface area contributed by atoms with Crippen LogP contribution >= 0.6 is 0 Å². The third-order valence-corrected chi connectivity index (χ3v) is 2.49. The molecule has 13 heavy (non-hydrogen) atoms. The van der Waals surface area contributed by atoms with Gasteiger partial charge in [-0.05, 0) is 13.8 Å². The van der Waals surface area contributed by atoms with Crippen LogP contribution in [0.3, 0.4) is 0 Å². The zero-order chi connectivity index (χ0) is 9.90. The molecule has 1 rings (SSSR count). The normalized spacial score (nSPS) is 18.8. The fourth-order valence-electron chi connectivity index (χ4n) is 1.38. The summed E-state index contributed by atoms with van der Waals surface area (Å²) in [6, 6.07) is 0. The van der Waals surface area contributed by atoms with Crippen LogP contribution in [0.5, 0.6) is 0 Å². The second-order valence-electron chi connectivity index (χ2n) is 4.13. The molecular formula is C9H19N3O. The zero-order valence-electron chi connectivity index (χ0n) is 8.47. The lowest BCUT2D eigenvalue weighted by atomic mass is 9.91. The van der Waals surface area contributed by atoms with E-state index in [1.165, 1.54) is 0 Å². The minimum atomic E-state index is -0.405. The van der Waals surface area contributed by atoms with Crippen LogP contribution in [0.1, 0.15) is 13.8 Å². The SMILES string of the molecule is CC(C)(CN)C(=O)N1CCNCC1. The van der Waals surface area contributed by atoms with Gasteiger partial charge in [0.05, 0.1) is 5.41 Å². The van der Waals surface area contributed by atoms with Crippen LogP contribution in [0.25, 0.3) is 0 Å². The number of carbonyl (C=O) groups is 1. The van der Waals surface area contributed by atoms with E-state index in [-0.39, 0.29) is 5.91 Å². The molecule has 0 aromatic rings. The summed E-state index contributed by atoms with van der Waals surface area (Å²) in [7, 11) is 0. The summed E-state index contributed by atoms with van der Waals surface area (Å²) >= 11 is 0. The fourth-order valence-corrected chi connectivity index (χ4v) is 1.38. The zero-order valence-corrected chi connectivity index (χ0v) is 8.47. The largest absolute Gasteiger partial charge is 0.340 e. The highest BCUT2D eigenvalue weighted by molar-refractivity contribution is 5.82. The molecule has 1 aliphatic rings. The highest BCUT2D eigenvalue weighted by Crippen LogP contribution is 2.16. The first-order chi connectivity index (χ1) is 6.08. The summed E-state index contributed by atoms with van der Waals surface area (Å²) in [5.41, 5.74) is 5.15. The van der Waals surface area contributed by atoms with E-state index in [1.807, 2.05) is 18.7 Å². The predicted octanol–water partition coefficient (Wildman–Crippen LogP) is -0.597. The first-order valence-electron chi connectivity index (χ1n) is 4.78. The molecule has 1 heterocycles. The molecule has 0 unspecified atom stereocenters. The maximum absolute atomic E-state index is 11.9. The van der Waals surface area contributed by atoms with Crippen molar-refractivity contribution < 1.29 is 4.79 Å². The van der Waals surface area contributed by atoms with Gasteiger partial charge in [-0.2, -0.15) is 0 Å². The number of hydrogen-bond donors (Lipinski definition) is 2. The van der Waals surface area contributed by atoms with E-state index in [0.29, 0.717) is 6.54 Å². The Morgan fingerprint density at radius 3 is 2.46 bits per heavy atom. The third kappa shape index (κ3) is 2.42. The summed E-state index contributed by atoms with van der Waals surface area (Å²) in [5.74, 6) is 0.177. The first kappa shape index (κ1) is 10.5. The van der Waals surface area contributed by atoms with Crippen LogP contribution in [0, 0.1) is 5.41 Å². The highest BCUT2D eigenvalue weighted by atomic mass is 16.2. The van der Waals surface area contributed by atoms with Crippen LogP contribution in [0.15, 0.2) is 0 Å². The molecule has 0 atom stereocenters. The van der Waals surface area contributed by atoms with E-state index in [2.05, 4.69) is 5.32 Å². The molecule has 0 bridgehead atoms. The maximum atomic E-state index is 11.9. The van der Waals surface area contributed by atoms with Crippen LogP contribution in [-0.2, 0) is 4.79 Å². The molecule has 4 heteroatoms. The van der Waals surface area contributed by atoms with Crippen molar-refractivity contribution >= 4 is 5.91 Å². The number of piperazine rings is 1. The van der Waals surface area contributed by atoms with Crippen LogP contribution in [0.2, 0.25) is 0 Å². The average molecular weight is 185 g/mol. The minimum Gasteiger partial charge on any atom is -0.340 e. The van der Waals surface area contributed by atoms with Gasteiger partial charge in [-0.15, -0.1) is 0 Å². The fraction of sp³-hybridized carbons (Fsp3) is 0.889. The number of nitrogens with two attached hydrogens (primary N) is 1. The minimum absolute atomic E-state index is 0.177. The van der Waals surface area contributed by atoms with Crippen molar-refractivity contribution in [3.05, 3.63) is 0 Å². The second kappa shape index (κ2) is 4.07. The van der Waals surface area contributed by atoms with Gasteiger partial charge in [0.1, 0.15) is 0 Å². The van der Waals surface area contributed by atoms with E-state index >= 15 is 0 Å². The van der Waals surface area contributed by atoms with E-state index < -0.39 is 5.41 Å². The van der Waals surface area contributed by atoms with Crippen LogP contribution in [0.4, 0.5) is 0 Å². The van der Waals surface area contributed by atoms with Gasteiger partial charge in [-0.25, -0.2) is 0 Å². The molecule has 0 aromatic carbocycles. The smallest absolute Gasteiger partial charge is 0.229 e. The molecule has 0 spiro atoms. The second-order valence-corrected chi connectivity index (χ2v) is 4.13. The Labute approximate surface area is 79.5 Å². The molecule has 1 saturated heterocycles. The van der Waals surface area contributed by atoms with Crippen molar-refractivity contribution in [3.63, 3.8) is 0 Å². The Hall–Kier alpha value is -0.610. The van der Waals surface area contributed by atoms with Crippen molar-refractivity contribution in [2.45, 2.75) is 13.8 Å². The van der Waals surface area contributed by atoms with Gasteiger partial charge in [-0.3, -0.25) is 4.79 Å². The Morgan fingerprint density at radius 1 is 1.46 bits per heavy atom. The number of carbonyl (C=O) groups excluding carboxylic acids is 1.